The number of hydrogen-bond acceptors (Lipinski definition) is 4. The van der Waals surface area contributed by atoms with Crippen LogP contribution in [-0.2, 0) is 20.6 Å². The van der Waals surface area contributed by atoms with Crippen LogP contribution in [0.5, 0.6) is 0 Å². The first-order valence-corrected chi connectivity index (χ1v) is 7.10. The van der Waals surface area contributed by atoms with Crippen molar-refractivity contribution >= 4 is 28.6 Å². The second-order valence-corrected chi connectivity index (χ2v) is 5.55. The van der Waals surface area contributed by atoms with Crippen LogP contribution >= 0.6 is 12.6 Å². The standard InChI is InChI=1S/C10H13NO4S2/c12-10(13)9(6-16)11-17(14,15)7-8-4-2-1-3-5-8/h1-5,9,11,16H,6-7H2,(H,12,13)/t9-/m0/s1. The van der Waals surface area contributed by atoms with Crippen LogP contribution < -0.4 is 4.72 Å². The lowest BCUT2D eigenvalue weighted by Crippen LogP contribution is -2.42. The molecule has 1 atom stereocenters. The van der Waals surface area contributed by atoms with Gasteiger partial charge in [0.2, 0.25) is 10.0 Å². The van der Waals surface area contributed by atoms with Crippen molar-refractivity contribution in [3.8, 4) is 0 Å². The summed E-state index contributed by atoms with van der Waals surface area (Å²) in [7, 11) is -3.67. The Hall–Kier alpha value is -1.05. The summed E-state index contributed by atoms with van der Waals surface area (Å²) in [5, 5.41) is 8.73. The molecule has 0 spiro atoms. The van der Waals surface area contributed by atoms with E-state index in [0.717, 1.165) is 0 Å². The van der Waals surface area contributed by atoms with Crippen LogP contribution in [0, 0.1) is 0 Å². The minimum absolute atomic E-state index is 0.0939. The van der Waals surface area contributed by atoms with Crippen LogP contribution in [0.15, 0.2) is 30.3 Å². The van der Waals surface area contributed by atoms with Crippen LogP contribution in [0.1, 0.15) is 5.56 Å². The molecule has 2 N–H and O–H groups in total. The van der Waals surface area contributed by atoms with Gasteiger partial charge in [0.05, 0.1) is 5.75 Å². The van der Waals surface area contributed by atoms with E-state index in [-0.39, 0.29) is 11.5 Å². The molecular weight excluding hydrogens is 262 g/mol. The van der Waals surface area contributed by atoms with Gasteiger partial charge in [0.15, 0.2) is 0 Å². The molecule has 0 aliphatic carbocycles. The predicted molar refractivity (Wildman–Crippen MR) is 67.5 cm³/mol. The number of carboxylic acid groups (broad SMARTS) is 1. The molecule has 0 heterocycles. The zero-order valence-electron chi connectivity index (χ0n) is 8.91. The Kier molecular flexibility index (Phi) is 4.98. The summed E-state index contributed by atoms with van der Waals surface area (Å²) < 4.78 is 25.4. The molecule has 0 aliphatic rings. The Morgan fingerprint density at radius 2 is 1.94 bits per heavy atom. The van der Waals surface area contributed by atoms with Gasteiger partial charge in [0.1, 0.15) is 6.04 Å². The van der Waals surface area contributed by atoms with Crippen LogP contribution in [-0.4, -0.2) is 31.3 Å². The molecule has 0 saturated heterocycles. The van der Waals surface area contributed by atoms with E-state index >= 15 is 0 Å². The monoisotopic (exact) mass is 275 g/mol. The van der Waals surface area contributed by atoms with Gasteiger partial charge in [0, 0.05) is 5.75 Å². The average Bonchev–Trinajstić information content (AvgIpc) is 2.26. The Morgan fingerprint density at radius 3 is 2.41 bits per heavy atom. The number of aliphatic carboxylic acids is 1. The third-order valence-corrected chi connectivity index (χ3v) is 3.72. The Morgan fingerprint density at radius 1 is 1.35 bits per heavy atom. The molecule has 1 aromatic rings. The summed E-state index contributed by atoms with van der Waals surface area (Å²) in [4.78, 5) is 10.7. The van der Waals surface area contributed by atoms with Gasteiger partial charge in [-0.25, -0.2) is 8.42 Å². The van der Waals surface area contributed by atoms with Crippen molar-refractivity contribution in [2.24, 2.45) is 0 Å². The molecule has 0 unspecified atom stereocenters. The van der Waals surface area contributed by atoms with Gasteiger partial charge in [-0.05, 0) is 5.56 Å². The molecule has 0 bridgehead atoms. The number of thiol groups is 1. The Balaban J connectivity index is 2.73. The number of carboxylic acids is 1. The summed E-state index contributed by atoms with van der Waals surface area (Å²) in [6.07, 6.45) is 0. The fourth-order valence-corrected chi connectivity index (χ4v) is 2.92. The first-order chi connectivity index (χ1) is 7.94. The molecule has 0 aromatic heterocycles. The molecule has 0 saturated carbocycles. The van der Waals surface area contributed by atoms with Gasteiger partial charge in [0.25, 0.3) is 0 Å². The van der Waals surface area contributed by atoms with Crippen molar-refractivity contribution in [3.05, 3.63) is 35.9 Å². The van der Waals surface area contributed by atoms with Crippen LogP contribution in [0.3, 0.4) is 0 Å². The van der Waals surface area contributed by atoms with Gasteiger partial charge in [-0.3, -0.25) is 4.79 Å². The molecule has 7 heteroatoms. The van der Waals surface area contributed by atoms with Crippen molar-refractivity contribution in [1.29, 1.82) is 0 Å². The molecular formula is C10H13NO4S2. The van der Waals surface area contributed by atoms with Gasteiger partial charge in [-0.1, -0.05) is 30.3 Å². The molecule has 0 amide bonds. The second-order valence-electron chi connectivity index (χ2n) is 3.44. The zero-order chi connectivity index (χ0) is 12.9. The maximum Gasteiger partial charge on any atom is 0.322 e. The number of nitrogens with one attached hydrogen (secondary N) is 1. The summed E-state index contributed by atoms with van der Waals surface area (Å²) in [6.45, 7) is 0. The fraction of sp³-hybridized carbons (Fsp3) is 0.300. The number of hydrogen-bond donors (Lipinski definition) is 3. The van der Waals surface area contributed by atoms with E-state index in [0.29, 0.717) is 5.56 Å². The summed E-state index contributed by atoms with van der Waals surface area (Å²) >= 11 is 3.79. The molecule has 94 valence electrons. The Bertz CT molecular complexity index is 472. The highest BCUT2D eigenvalue weighted by atomic mass is 32.2. The number of benzene rings is 1. The van der Waals surface area contributed by atoms with Gasteiger partial charge in [-0.2, -0.15) is 17.4 Å². The van der Waals surface area contributed by atoms with E-state index in [1.807, 2.05) is 0 Å². The average molecular weight is 275 g/mol. The van der Waals surface area contributed by atoms with E-state index in [9.17, 15) is 13.2 Å². The van der Waals surface area contributed by atoms with Gasteiger partial charge >= 0.3 is 5.97 Å². The number of carbonyl (C=O) groups is 1. The first kappa shape index (κ1) is 14.0. The van der Waals surface area contributed by atoms with E-state index in [1.165, 1.54) is 0 Å². The van der Waals surface area contributed by atoms with E-state index in [4.69, 9.17) is 5.11 Å². The number of rotatable bonds is 6. The molecule has 0 fully saturated rings. The minimum Gasteiger partial charge on any atom is -0.480 e. The quantitative estimate of drug-likeness (QED) is 0.660. The van der Waals surface area contributed by atoms with Crippen molar-refractivity contribution in [1.82, 2.24) is 4.72 Å². The lowest BCUT2D eigenvalue weighted by Gasteiger charge is -2.12. The smallest absolute Gasteiger partial charge is 0.322 e. The normalized spacial score (nSPS) is 13.2. The number of sulfonamides is 1. The van der Waals surface area contributed by atoms with Crippen molar-refractivity contribution in [2.45, 2.75) is 11.8 Å². The first-order valence-electron chi connectivity index (χ1n) is 4.82. The molecule has 5 nitrogen and oxygen atoms in total. The van der Waals surface area contributed by atoms with Crippen LogP contribution in [0.2, 0.25) is 0 Å². The Labute approximate surface area is 105 Å². The fourth-order valence-electron chi connectivity index (χ4n) is 1.22. The third kappa shape index (κ3) is 4.76. The third-order valence-electron chi connectivity index (χ3n) is 2.00. The zero-order valence-corrected chi connectivity index (χ0v) is 10.6. The largest absolute Gasteiger partial charge is 0.480 e. The van der Waals surface area contributed by atoms with Gasteiger partial charge < -0.3 is 5.11 Å². The molecule has 17 heavy (non-hydrogen) atoms. The summed E-state index contributed by atoms with van der Waals surface area (Å²) in [6, 6.07) is 7.34. The highest BCUT2D eigenvalue weighted by Crippen LogP contribution is 2.05. The van der Waals surface area contributed by atoms with Crippen molar-refractivity contribution in [3.63, 3.8) is 0 Å². The second kappa shape index (κ2) is 6.04. The predicted octanol–water partition coefficient (Wildman–Crippen LogP) is 0.489. The van der Waals surface area contributed by atoms with Crippen molar-refractivity contribution in [2.75, 3.05) is 5.75 Å². The maximum atomic E-state index is 11.7. The lowest BCUT2D eigenvalue weighted by atomic mass is 10.2. The van der Waals surface area contributed by atoms with E-state index in [1.54, 1.807) is 30.3 Å². The maximum absolute atomic E-state index is 11.7. The molecule has 1 aromatic carbocycles. The lowest BCUT2D eigenvalue weighted by molar-refractivity contribution is -0.138. The highest BCUT2D eigenvalue weighted by Gasteiger charge is 2.22. The summed E-state index contributed by atoms with van der Waals surface area (Å²) in [5.41, 5.74) is 0.600. The molecule has 1 rings (SSSR count). The van der Waals surface area contributed by atoms with Crippen LogP contribution in [0.25, 0.3) is 0 Å². The summed E-state index contributed by atoms with van der Waals surface area (Å²) in [5.74, 6) is -1.58. The highest BCUT2D eigenvalue weighted by molar-refractivity contribution is 7.88. The SMILES string of the molecule is O=C(O)[C@H](CS)NS(=O)(=O)Cc1ccccc1. The minimum atomic E-state index is -3.67. The van der Waals surface area contributed by atoms with Crippen LogP contribution in [0.4, 0.5) is 0 Å². The van der Waals surface area contributed by atoms with E-state index < -0.39 is 22.0 Å². The molecule has 0 aliphatic heterocycles. The van der Waals surface area contributed by atoms with Crippen molar-refractivity contribution < 1.29 is 18.3 Å². The molecule has 0 radical (unpaired) electrons. The topological polar surface area (TPSA) is 83.5 Å². The van der Waals surface area contributed by atoms with Gasteiger partial charge in [-0.15, -0.1) is 0 Å². The van der Waals surface area contributed by atoms with E-state index in [2.05, 4.69) is 17.4 Å².